The fourth-order valence-electron chi connectivity index (χ4n) is 1.45. The van der Waals surface area contributed by atoms with Crippen molar-refractivity contribution in [3.63, 3.8) is 0 Å². The first kappa shape index (κ1) is 12.4. The highest BCUT2D eigenvalue weighted by Crippen LogP contribution is 2.14. The molecule has 0 aliphatic rings. The quantitative estimate of drug-likeness (QED) is 0.893. The van der Waals surface area contributed by atoms with E-state index in [0.29, 0.717) is 23.9 Å². The van der Waals surface area contributed by atoms with Gasteiger partial charge in [-0.25, -0.2) is 4.79 Å². The molecule has 0 fully saturated rings. The van der Waals surface area contributed by atoms with Crippen LogP contribution in [0.1, 0.15) is 5.56 Å². The number of hydrogen-bond donors (Lipinski definition) is 2. The normalized spacial score (nSPS) is 10.1. The molecule has 2 rings (SSSR count). The maximum Gasteiger partial charge on any atom is 0.321 e. The van der Waals surface area contributed by atoms with E-state index in [0.717, 1.165) is 5.56 Å². The van der Waals surface area contributed by atoms with Crippen molar-refractivity contribution in [2.24, 2.45) is 0 Å². The summed E-state index contributed by atoms with van der Waals surface area (Å²) < 4.78 is 4.74. The van der Waals surface area contributed by atoms with Crippen LogP contribution in [0.2, 0.25) is 5.02 Å². The lowest BCUT2D eigenvalue weighted by atomic mass is 10.1. The van der Waals surface area contributed by atoms with Crippen molar-refractivity contribution >= 4 is 23.5 Å². The average molecular weight is 266 g/mol. The third kappa shape index (κ3) is 3.49. The Morgan fingerprint density at radius 3 is 2.89 bits per heavy atom. The first-order chi connectivity index (χ1) is 8.75. The topological polar surface area (TPSA) is 67.2 Å². The van der Waals surface area contributed by atoms with E-state index in [9.17, 15) is 4.79 Å². The molecule has 0 aliphatic heterocycles. The second-order valence-electron chi connectivity index (χ2n) is 3.60. The summed E-state index contributed by atoms with van der Waals surface area (Å²) in [7, 11) is 0. The van der Waals surface area contributed by atoms with Crippen LogP contribution >= 0.6 is 11.6 Å². The Kier molecular flexibility index (Phi) is 4.20. The summed E-state index contributed by atoms with van der Waals surface area (Å²) in [4.78, 5) is 11.4. The first-order valence-corrected chi connectivity index (χ1v) is 5.82. The maximum absolute atomic E-state index is 11.4. The van der Waals surface area contributed by atoms with Gasteiger partial charge in [-0.3, -0.25) is 5.32 Å². The van der Waals surface area contributed by atoms with Crippen molar-refractivity contribution in [3.8, 4) is 0 Å². The number of carbonyl (C=O) groups is 1. The first-order valence-electron chi connectivity index (χ1n) is 5.44. The number of urea groups is 1. The van der Waals surface area contributed by atoms with E-state index in [4.69, 9.17) is 16.1 Å². The molecule has 0 radical (unpaired) electrons. The maximum atomic E-state index is 11.4. The lowest BCUT2D eigenvalue weighted by molar-refractivity contribution is 0.251. The van der Waals surface area contributed by atoms with Gasteiger partial charge in [-0.05, 0) is 18.1 Å². The SMILES string of the molecule is O=C(NCCc1ccccc1Cl)Nc1ccno1. The molecule has 1 aromatic carbocycles. The second-order valence-corrected chi connectivity index (χ2v) is 4.01. The summed E-state index contributed by atoms with van der Waals surface area (Å²) in [6, 6.07) is 8.77. The molecule has 0 unspecified atom stereocenters. The molecular weight excluding hydrogens is 254 g/mol. The van der Waals surface area contributed by atoms with E-state index in [-0.39, 0.29) is 6.03 Å². The van der Waals surface area contributed by atoms with Crippen LogP contribution in [-0.4, -0.2) is 17.7 Å². The minimum atomic E-state index is -0.334. The fourth-order valence-corrected chi connectivity index (χ4v) is 1.68. The van der Waals surface area contributed by atoms with Gasteiger partial charge >= 0.3 is 6.03 Å². The van der Waals surface area contributed by atoms with Crippen LogP contribution in [0.4, 0.5) is 10.7 Å². The number of anilines is 1. The summed E-state index contributed by atoms with van der Waals surface area (Å²) in [6.07, 6.45) is 2.13. The van der Waals surface area contributed by atoms with Crippen molar-refractivity contribution in [1.29, 1.82) is 0 Å². The van der Waals surface area contributed by atoms with Crippen LogP contribution in [-0.2, 0) is 6.42 Å². The third-order valence-corrected chi connectivity index (χ3v) is 2.68. The van der Waals surface area contributed by atoms with Crippen molar-refractivity contribution in [2.75, 3.05) is 11.9 Å². The highest BCUT2D eigenvalue weighted by atomic mass is 35.5. The minimum Gasteiger partial charge on any atom is -0.338 e. The van der Waals surface area contributed by atoms with Crippen LogP contribution in [0, 0.1) is 0 Å². The highest BCUT2D eigenvalue weighted by molar-refractivity contribution is 6.31. The molecule has 1 heterocycles. The van der Waals surface area contributed by atoms with Crippen LogP contribution < -0.4 is 10.6 Å². The standard InChI is InChI=1S/C12H12ClN3O2/c13-10-4-2-1-3-9(10)5-7-14-12(17)16-11-6-8-15-18-11/h1-4,6,8H,5,7H2,(H2,14,16,17). The van der Waals surface area contributed by atoms with E-state index in [1.54, 1.807) is 6.07 Å². The molecule has 18 heavy (non-hydrogen) atoms. The lowest BCUT2D eigenvalue weighted by Crippen LogP contribution is -2.30. The molecule has 0 saturated heterocycles. The molecule has 94 valence electrons. The van der Waals surface area contributed by atoms with E-state index in [1.165, 1.54) is 6.20 Å². The monoisotopic (exact) mass is 265 g/mol. The summed E-state index contributed by atoms with van der Waals surface area (Å²) >= 11 is 6.00. The molecule has 5 nitrogen and oxygen atoms in total. The van der Waals surface area contributed by atoms with Gasteiger partial charge in [-0.2, -0.15) is 0 Å². The number of amides is 2. The molecule has 0 saturated carbocycles. The van der Waals surface area contributed by atoms with Crippen LogP contribution in [0.5, 0.6) is 0 Å². The van der Waals surface area contributed by atoms with Gasteiger partial charge in [0.05, 0.1) is 6.20 Å². The highest BCUT2D eigenvalue weighted by Gasteiger charge is 2.04. The predicted octanol–water partition coefficient (Wildman–Crippen LogP) is 2.69. The number of carbonyl (C=O) groups excluding carboxylic acids is 1. The predicted molar refractivity (Wildman–Crippen MR) is 68.7 cm³/mol. The lowest BCUT2D eigenvalue weighted by Gasteiger charge is -2.06. The summed E-state index contributed by atoms with van der Waals surface area (Å²) in [5, 5.41) is 9.39. The van der Waals surface area contributed by atoms with Gasteiger partial charge in [0.1, 0.15) is 0 Å². The number of nitrogens with one attached hydrogen (secondary N) is 2. The van der Waals surface area contributed by atoms with Crippen molar-refractivity contribution in [3.05, 3.63) is 47.1 Å². The zero-order valence-electron chi connectivity index (χ0n) is 9.52. The fraction of sp³-hybridized carbons (Fsp3) is 0.167. The molecule has 0 aliphatic carbocycles. The van der Waals surface area contributed by atoms with Crippen LogP contribution in [0.25, 0.3) is 0 Å². The molecular formula is C12H12ClN3O2. The number of nitrogens with zero attached hydrogens (tertiary/aromatic N) is 1. The number of rotatable bonds is 4. The second kappa shape index (κ2) is 6.07. The summed E-state index contributed by atoms with van der Waals surface area (Å²) in [6.45, 7) is 0.490. The molecule has 6 heteroatoms. The average Bonchev–Trinajstić information content (AvgIpc) is 2.84. The number of benzene rings is 1. The third-order valence-electron chi connectivity index (χ3n) is 2.31. The smallest absolute Gasteiger partial charge is 0.321 e. The molecule has 0 bridgehead atoms. The van der Waals surface area contributed by atoms with E-state index in [2.05, 4.69) is 15.8 Å². The zero-order chi connectivity index (χ0) is 12.8. The molecule has 1 aromatic heterocycles. The number of aromatic nitrogens is 1. The van der Waals surface area contributed by atoms with Crippen LogP contribution in [0.3, 0.4) is 0 Å². The van der Waals surface area contributed by atoms with Crippen molar-refractivity contribution in [2.45, 2.75) is 6.42 Å². The van der Waals surface area contributed by atoms with Gasteiger partial charge in [0.25, 0.3) is 0 Å². The Labute approximate surface area is 109 Å². The van der Waals surface area contributed by atoms with Gasteiger partial charge in [0.15, 0.2) is 0 Å². The summed E-state index contributed by atoms with van der Waals surface area (Å²) in [5.74, 6) is 0.310. The van der Waals surface area contributed by atoms with Gasteiger partial charge in [-0.1, -0.05) is 35.0 Å². The Morgan fingerprint density at radius 2 is 2.17 bits per heavy atom. The van der Waals surface area contributed by atoms with E-state index < -0.39 is 0 Å². The van der Waals surface area contributed by atoms with E-state index >= 15 is 0 Å². The minimum absolute atomic E-state index is 0.310. The summed E-state index contributed by atoms with van der Waals surface area (Å²) in [5.41, 5.74) is 0.999. The van der Waals surface area contributed by atoms with Crippen molar-refractivity contribution < 1.29 is 9.32 Å². The zero-order valence-corrected chi connectivity index (χ0v) is 10.3. The number of halogens is 1. The molecule has 0 spiro atoms. The van der Waals surface area contributed by atoms with E-state index in [1.807, 2.05) is 24.3 Å². The van der Waals surface area contributed by atoms with Gasteiger partial charge in [0.2, 0.25) is 5.88 Å². The van der Waals surface area contributed by atoms with Crippen LogP contribution in [0.15, 0.2) is 41.1 Å². The van der Waals surface area contributed by atoms with Gasteiger partial charge in [0, 0.05) is 17.6 Å². The molecule has 2 aromatic rings. The molecule has 0 atom stereocenters. The van der Waals surface area contributed by atoms with Gasteiger partial charge in [-0.15, -0.1) is 0 Å². The molecule has 2 N–H and O–H groups in total. The Hall–Kier alpha value is -2.01. The Balaban J connectivity index is 1.75. The van der Waals surface area contributed by atoms with Crippen molar-refractivity contribution in [1.82, 2.24) is 10.5 Å². The Morgan fingerprint density at radius 1 is 1.33 bits per heavy atom. The largest absolute Gasteiger partial charge is 0.338 e. The number of hydrogen-bond acceptors (Lipinski definition) is 3. The molecule has 2 amide bonds. The Bertz CT molecular complexity index is 514. The van der Waals surface area contributed by atoms with Gasteiger partial charge < -0.3 is 9.84 Å².